The molecule has 1 aromatic carbocycles. The van der Waals surface area contributed by atoms with E-state index in [4.69, 9.17) is 11.6 Å². The van der Waals surface area contributed by atoms with E-state index in [0.717, 1.165) is 0 Å². The largest absolute Gasteiger partial charge is 0.294 e. The summed E-state index contributed by atoms with van der Waals surface area (Å²) in [5.74, 6) is -0.414. The van der Waals surface area contributed by atoms with Crippen molar-refractivity contribution >= 4 is 17.4 Å². The summed E-state index contributed by atoms with van der Waals surface area (Å²) in [6, 6.07) is 5.59. The second kappa shape index (κ2) is 3.06. The van der Waals surface area contributed by atoms with Gasteiger partial charge in [-0.3, -0.25) is 4.79 Å². The third-order valence-electron chi connectivity index (χ3n) is 2.61. The summed E-state index contributed by atoms with van der Waals surface area (Å²) in [6.45, 7) is 1.85. The molecule has 3 heteroatoms. The van der Waals surface area contributed by atoms with Crippen LogP contribution < -0.4 is 0 Å². The lowest BCUT2D eigenvalue weighted by molar-refractivity contribution is 0.0964. The Labute approximate surface area is 86.9 Å². The van der Waals surface area contributed by atoms with Crippen LogP contribution in [0, 0.1) is 11.7 Å². The van der Waals surface area contributed by atoms with Crippen molar-refractivity contribution in [1.82, 2.24) is 0 Å². The van der Waals surface area contributed by atoms with Gasteiger partial charge in [-0.2, -0.15) is 0 Å². The van der Waals surface area contributed by atoms with Crippen LogP contribution in [0.15, 0.2) is 24.3 Å². The highest BCUT2D eigenvalue weighted by atomic mass is 35.5. The van der Waals surface area contributed by atoms with Crippen molar-refractivity contribution in [2.75, 3.05) is 0 Å². The summed E-state index contributed by atoms with van der Waals surface area (Å²) >= 11 is 5.99. The van der Waals surface area contributed by atoms with Gasteiger partial charge in [-0.1, -0.05) is 0 Å². The Balaban J connectivity index is 2.17. The lowest BCUT2D eigenvalue weighted by Crippen LogP contribution is -2.08. The summed E-state index contributed by atoms with van der Waals surface area (Å²) in [5.41, 5.74) is 0.542. The van der Waals surface area contributed by atoms with Gasteiger partial charge in [-0.25, -0.2) is 4.39 Å². The number of hydrogen-bond donors (Lipinski definition) is 0. The van der Waals surface area contributed by atoms with Crippen LogP contribution in [0.2, 0.25) is 0 Å². The summed E-state index contributed by atoms with van der Waals surface area (Å²) in [4.78, 5) is 11.3. The molecule has 0 aliphatic heterocycles. The molecule has 0 N–H and O–H groups in total. The molecule has 2 rings (SSSR count). The Morgan fingerprint density at radius 1 is 1.50 bits per heavy atom. The molecule has 1 aliphatic rings. The zero-order valence-corrected chi connectivity index (χ0v) is 8.51. The molecule has 0 amide bonds. The summed E-state index contributed by atoms with van der Waals surface area (Å²) in [7, 11) is 0. The highest BCUT2D eigenvalue weighted by molar-refractivity contribution is 6.29. The van der Waals surface area contributed by atoms with Crippen LogP contribution in [0.1, 0.15) is 23.7 Å². The Hall–Kier alpha value is -0.890. The molecule has 0 heterocycles. The van der Waals surface area contributed by atoms with Gasteiger partial charge in [0.05, 0.1) is 4.87 Å². The average molecular weight is 213 g/mol. The molecule has 1 fully saturated rings. The molecule has 1 nitrogen and oxygen atoms in total. The van der Waals surface area contributed by atoms with E-state index >= 15 is 0 Å². The number of ketones is 1. The van der Waals surface area contributed by atoms with Crippen molar-refractivity contribution < 1.29 is 9.18 Å². The van der Waals surface area contributed by atoms with Gasteiger partial charge in [0.15, 0.2) is 5.78 Å². The third kappa shape index (κ3) is 1.67. The number of Topliss-reactive ketones (excluding diaryl/α,β-unsaturated/α-hetero) is 1. The van der Waals surface area contributed by atoms with Gasteiger partial charge in [0.25, 0.3) is 0 Å². The standard InChI is InChI=1S/C11H10ClFO/c1-11(12)6-9(11)10(14)7-2-4-8(13)5-3-7/h2-5,9H,6H2,1H3. The van der Waals surface area contributed by atoms with E-state index in [1.54, 1.807) is 0 Å². The van der Waals surface area contributed by atoms with Crippen LogP contribution in [0.4, 0.5) is 4.39 Å². The van der Waals surface area contributed by atoms with Crippen molar-refractivity contribution in [3.8, 4) is 0 Å². The molecule has 0 bridgehead atoms. The van der Waals surface area contributed by atoms with Crippen molar-refractivity contribution in [2.45, 2.75) is 18.2 Å². The van der Waals surface area contributed by atoms with Crippen molar-refractivity contribution in [3.05, 3.63) is 35.6 Å². The monoisotopic (exact) mass is 212 g/mol. The maximum Gasteiger partial charge on any atom is 0.167 e. The molecule has 0 saturated heterocycles. The van der Waals surface area contributed by atoms with Crippen LogP contribution in [0.5, 0.6) is 0 Å². The molecule has 0 aromatic heterocycles. The molecule has 14 heavy (non-hydrogen) atoms. The minimum atomic E-state index is -0.383. The molecule has 2 atom stereocenters. The first-order valence-electron chi connectivity index (χ1n) is 4.49. The summed E-state index contributed by atoms with van der Waals surface area (Å²) in [5, 5.41) is 0. The number of halogens is 2. The number of benzene rings is 1. The van der Waals surface area contributed by atoms with Gasteiger partial charge in [-0.15, -0.1) is 11.6 Å². The van der Waals surface area contributed by atoms with E-state index in [2.05, 4.69) is 0 Å². The van der Waals surface area contributed by atoms with Crippen LogP contribution in [-0.2, 0) is 0 Å². The van der Waals surface area contributed by atoms with Crippen LogP contribution >= 0.6 is 11.6 Å². The van der Waals surface area contributed by atoms with E-state index < -0.39 is 0 Å². The first-order chi connectivity index (χ1) is 6.50. The zero-order chi connectivity index (χ0) is 10.3. The third-order valence-corrected chi connectivity index (χ3v) is 3.03. The van der Waals surface area contributed by atoms with Crippen LogP contribution in [-0.4, -0.2) is 10.7 Å². The van der Waals surface area contributed by atoms with E-state index in [0.29, 0.717) is 12.0 Å². The molecular formula is C11H10ClFO. The number of carbonyl (C=O) groups excluding carboxylic acids is 1. The number of alkyl halides is 1. The normalized spacial score (nSPS) is 30.1. The topological polar surface area (TPSA) is 17.1 Å². The Bertz CT molecular complexity index is 369. The summed E-state index contributed by atoms with van der Waals surface area (Å²) < 4.78 is 12.6. The smallest absolute Gasteiger partial charge is 0.167 e. The quantitative estimate of drug-likeness (QED) is 0.544. The van der Waals surface area contributed by atoms with Gasteiger partial charge < -0.3 is 0 Å². The van der Waals surface area contributed by atoms with Crippen LogP contribution in [0.25, 0.3) is 0 Å². The SMILES string of the molecule is CC1(Cl)CC1C(=O)c1ccc(F)cc1. The van der Waals surface area contributed by atoms with Gasteiger partial charge in [0.2, 0.25) is 0 Å². The number of carbonyl (C=O) groups is 1. The minimum absolute atomic E-state index is 0.0162. The van der Waals surface area contributed by atoms with Gasteiger partial charge >= 0.3 is 0 Å². The van der Waals surface area contributed by atoms with E-state index in [1.807, 2.05) is 6.92 Å². The molecular weight excluding hydrogens is 203 g/mol. The fraction of sp³-hybridized carbons (Fsp3) is 0.364. The van der Waals surface area contributed by atoms with E-state index in [9.17, 15) is 9.18 Å². The van der Waals surface area contributed by atoms with Gasteiger partial charge in [-0.05, 0) is 37.6 Å². The summed E-state index contributed by atoms with van der Waals surface area (Å²) in [6.07, 6.45) is 0.713. The second-order valence-electron chi connectivity index (χ2n) is 3.91. The predicted octanol–water partition coefficient (Wildman–Crippen LogP) is 3.03. The maximum atomic E-state index is 12.6. The average Bonchev–Trinajstić information content (AvgIpc) is 2.75. The molecule has 1 aliphatic carbocycles. The molecule has 2 unspecified atom stereocenters. The van der Waals surface area contributed by atoms with Gasteiger partial charge in [0, 0.05) is 11.5 Å². The molecule has 0 radical (unpaired) electrons. The van der Waals surface area contributed by atoms with Crippen LogP contribution in [0.3, 0.4) is 0 Å². The molecule has 1 saturated carbocycles. The lowest BCUT2D eigenvalue weighted by atomic mass is 10.1. The fourth-order valence-electron chi connectivity index (χ4n) is 1.52. The Kier molecular flexibility index (Phi) is 2.11. The van der Waals surface area contributed by atoms with Gasteiger partial charge in [0.1, 0.15) is 5.82 Å². The van der Waals surface area contributed by atoms with Crippen molar-refractivity contribution in [3.63, 3.8) is 0 Å². The van der Waals surface area contributed by atoms with E-state index in [-0.39, 0.29) is 22.4 Å². The lowest BCUT2D eigenvalue weighted by Gasteiger charge is -2.01. The predicted molar refractivity (Wildman–Crippen MR) is 53.1 cm³/mol. The van der Waals surface area contributed by atoms with Crippen molar-refractivity contribution in [2.24, 2.45) is 5.92 Å². The van der Waals surface area contributed by atoms with Crippen molar-refractivity contribution in [1.29, 1.82) is 0 Å². The first kappa shape index (κ1) is 9.66. The number of rotatable bonds is 2. The maximum absolute atomic E-state index is 12.6. The first-order valence-corrected chi connectivity index (χ1v) is 4.87. The molecule has 74 valence electrons. The highest BCUT2D eigenvalue weighted by Gasteiger charge is 2.53. The highest BCUT2D eigenvalue weighted by Crippen LogP contribution is 2.50. The fourth-order valence-corrected chi connectivity index (χ4v) is 1.77. The molecule has 1 aromatic rings. The minimum Gasteiger partial charge on any atom is -0.294 e. The molecule has 0 spiro atoms. The Morgan fingerprint density at radius 2 is 2.00 bits per heavy atom. The second-order valence-corrected chi connectivity index (χ2v) is 4.77. The zero-order valence-electron chi connectivity index (χ0n) is 7.76. The Morgan fingerprint density at radius 3 is 2.43 bits per heavy atom. The van der Waals surface area contributed by atoms with E-state index in [1.165, 1.54) is 24.3 Å². The number of hydrogen-bond acceptors (Lipinski definition) is 1.